The van der Waals surface area contributed by atoms with Crippen molar-refractivity contribution in [3.63, 3.8) is 0 Å². The van der Waals surface area contributed by atoms with Gasteiger partial charge in [-0.3, -0.25) is 4.79 Å². The summed E-state index contributed by atoms with van der Waals surface area (Å²) in [6, 6.07) is 0. The number of tetrazole rings is 1. The molecule has 22 heavy (non-hydrogen) atoms. The minimum absolute atomic E-state index is 0.0715. The fourth-order valence-corrected chi connectivity index (χ4v) is 3.10. The van der Waals surface area contributed by atoms with E-state index < -0.39 is 0 Å². The molecule has 1 fully saturated rings. The molecular formula is C14H23N5O2S. The molecule has 0 saturated carbocycles. The second kappa shape index (κ2) is 8.28. The van der Waals surface area contributed by atoms with Crippen LogP contribution >= 0.6 is 11.8 Å². The van der Waals surface area contributed by atoms with Crippen LogP contribution in [0.3, 0.4) is 0 Å². The van der Waals surface area contributed by atoms with E-state index in [1.807, 2.05) is 13.8 Å². The SMILES string of the molecule is C=C(C)CN(CC)C(=O)CSc1nnnn1CC1CCCO1. The van der Waals surface area contributed by atoms with Crippen molar-refractivity contribution in [1.82, 2.24) is 25.1 Å². The van der Waals surface area contributed by atoms with Crippen LogP contribution < -0.4 is 0 Å². The molecule has 0 N–H and O–H groups in total. The van der Waals surface area contributed by atoms with Gasteiger partial charge in [-0.15, -0.1) is 5.10 Å². The highest BCUT2D eigenvalue weighted by molar-refractivity contribution is 7.99. The van der Waals surface area contributed by atoms with E-state index >= 15 is 0 Å². The summed E-state index contributed by atoms with van der Waals surface area (Å²) in [5.41, 5.74) is 0.975. The van der Waals surface area contributed by atoms with Crippen LogP contribution in [0.1, 0.15) is 26.7 Å². The molecule has 1 saturated heterocycles. The van der Waals surface area contributed by atoms with Crippen LogP contribution in [0.2, 0.25) is 0 Å². The lowest BCUT2D eigenvalue weighted by Gasteiger charge is -2.20. The van der Waals surface area contributed by atoms with Crippen LogP contribution in [0.4, 0.5) is 0 Å². The van der Waals surface area contributed by atoms with Crippen molar-refractivity contribution in [2.45, 2.75) is 44.5 Å². The molecule has 2 rings (SSSR count). The molecule has 0 bridgehead atoms. The lowest BCUT2D eigenvalue weighted by Crippen LogP contribution is -2.33. The Labute approximate surface area is 135 Å². The Morgan fingerprint density at radius 3 is 3.05 bits per heavy atom. The van der Waals surface area contributed by atoms with Crippen LogP contribution in [-0.4, -0.2) is 62.6 Å². The first-order valence-corrected chi connectivity index (χ1v) is 8.51. The summed E-state index contributed by atoms with van der Waals surface area (Å²) in [4.78, 5) is 14.0. The van der Waals surface area contributed by atoms with E-state index in [4.69, 9.17) is 4.74 Å². The minimum Gasteiger partial charge on any atom is -0.376 e. The lowest BCUT2D eigenvalue weighted by atomic mass is 10.2. The molecule has 1 unspecified atom stereocenters. The minimum atomic E-state index is 0.0715. The molecule has 0 spiro atoms. The molecule has 1 amide bonds. The normalized spacial score (nSPS) is 17.6. The first-order chi connectivity index (χ1) is 10.6. The smallest absolute Gasteiger partial charge is 0.233 e. The highest BCUT2D eigenvalue weighted by atomic mass is 32.2. The molecule has 1 aliphatic heterocycles. The van der Waals surface area contributed by atoms with Gasteiger partial charge in [0, 0.05) is 19.7 Å². The van der Waals surface area contributed by atoms with Gasteiger partial charge >= 0.3 is 0 Å². The molecule has 1 aliphatic rings. The maximum absolute atomic E-state index is 12.2. The zero-order valence-electron chi connectivity index (χ0n) is 13.2. The van der Waals surface area contributed by atoms with Gasteiger partial charge in [0.05, 0.1) is 18.4 Å². The van der Waals surface area contributed by atoms with E-state index in [-0.39, 0.29) is 12.0 Å². The summed E-state index contributed by atoms with van der Waals surface area (Å²) in [6.45, 7) is 10.5. The molecule has 7 nitrogen and oxygen atoms in total. The van der Waals surface area contributed by atoms with Crippen molar-refractivity contribution in [1.29, 1.82) is 0 Å². The van der Waals surface area contributed by atoms with Gasteiger partial charge in [0.2, 0.25) is 11.1 Å². The lowest BCUT2D eigenvalue weighted by molar-refractivity contribution is -0.127. The van der Waals surface area contributed by atoms with Crippen LogP contribution in [0.5, 0.6) is 0 Å². The second-order valence-corrected chi connectivity index (χ2v) is 6.37. The zero-order chi connectivity index (χ0) is 15.9. The number of amides is 1. The number of rotatable bonds is 8. The highest BCUT2D eigenvalue weighted by Gasteiger charge is 2.20. The highest BCUT2D eigenvalue weighted by Crippen LogP contribution is 2.18. The molecule has 0 radical (unpaired) electrons. The van der Waals surface area contributed by atoms with Gasteiger partial charge in [-0.25, -0.2) is 4.68 Å². The topological polar surface area (TPSA) is 73.1 Å². The maximum Gasteiger partial charge on any atom is 0.233 e. The summed E-state index contributed by atoms with van der Waals surface area (Å²) in [6.07, 6.45) is 2.29. The van der Waals surface area contributed by atoms with Crippen LogP contribution in [0.15, 0.2) is 17.3 Å². The van der Waals surface area contributed by atoms with Crippen molar-refractivity contribution in [3.05, 3.63) is 12.2 Å². The summed E-state index contributed by atoms with van der Waals surface area (Å²) in [5, 5.41) is 12.3. The van der Waals surface area contributed by atoms with Crippen LogP contribution in [-0.2, 0) is 16.1 Å². The number of ether oxygens (including phenoxy) is 1. The summed E-state index contributed by atoms with van der Waals surface area (Å²) >= 11 is 1.37. The Morgan fingerprint density at radius 2 is 2.41 bits per heavy atom. The van der Waals surface area contributed by atoms with Crippen molar-refractivity contribution in [2.75, 3.05) is 25.4 Å². The number of nitrogens with zero attached hydrogens (tertiary/aromatic N) is 5. The average Bonchev–Trinajstić information content (AvgIpc) is 3.14. The van der Waals surface area contributed by atoms with E-state index in [1.165, 1.54) is 11.8 Å². The van der Waals surface area contributed by atoms with Crippen molar-refractivity contribution in [2.24, 2.45) is 0 Å². The number of likely N-dealkylation sites (N-methyl/N-ethyl adjacent to an activating group) is 1. The van der Waals surface area contributed by atoms with Crippen LogP contribution in [0, 0.1) is 0 Å². The molecule has 0 aliphatic carbocycles. The van der Waals surface area contributed by atoms with Gasteiger partial charge in [-0.1, -0.05) is 23.9 Å². The third-order valence-corrected chi connectivity index (χ3v) is 4.36. The van der Waals surface area contributed by atoms with Crippen LogP contribution in [0.25, 0.3) is 0 Å². The Kier molecular flexibility index (Phi) is 6.38. The van der Waals surface area contributed by atoms with Crippen molar-refractivity contribution in [3.8, 4) is 0 Å². The Bertz CT molecular complexity index is 513. The first-order valence-electron chi connectivity index (χ1n) is 7.53. The van der Waals surface area contributed by atoms with E-state index in [2.05, 4.69) is 22.1 Å². The second-order valence-electron chi connectivity index (χ2n) is 5.43. The average molecular weight is 325 g/mol. The largest absolute Gasteiger partial charge is 0.376 e. The summed E-state index contributed by atoms with van der Waals surface area (Å²) in [5.74, 6) is 0.398. The van der Waals surface area contributed by atoms with E-state index in [9.17, 15) is 4.79 Å². The molecule has 8 heteroatoms. The Hall–Kier alpha value is -1.41. The molecular weight excluding hydrogens is 302 g/mol. The maximum atomic E-state index is 12.2. The van der Waals surface area contributed by atoms with Gasteiger partial charge in [-0.05, 0) is 37.1 Å². The quantitative estimate of drug-likeness (QED) is 0.531. The fourth-order valence-electron chi connectivity index (χ4n) is 2.32. The number of carbonyl (C=O) groups is 1. The number of thioether (sulfide) groups is 1. The van der Waals surface area contributed by atoms with E-state index in [0.29, 0.717) is 30.5 Å². The van der Waals surface area contributed by atoms with Gasteiger partial charge in [-0.2, -0.15) is 0 Å². The molecule has 2 heterocycles. The molecule has 1 atom stereocenters. The standard InChI is InChI=1S/C14H23N5O2S/c1-4-18(8-11(2)3)13(20)10-22-14-15-16-17-19(14)9-12-6-5-7-21-12/h12H,2,4-10H2,1,3H3. The van der Waals surface area contributed by atoms with Gasteiger partial charge in [0.1, 0.15) is 0 Å². The monoisotopic (exact) mass is 325 g/mol. The number of aromatic nitrogens is 4. The third kappa shape index (κ3) is 4.81. The van der Waals surface area contributed by atoms with Gasteiger partial charge < -0.3 is 9.64 Å². The van der Waals surface area contributed by atoms with Gasteiger partial charge in [0.15, 0.2) is 0 Å². The Balaban J connectivity index is 1.86. The molecule has 0 aromatic carbocycles. The van der Waals surface area contributed by atoms with Gasteiger partial charge in [0.25, 0.3) is 0 Å². The van der Waals surface area contributed by atoms with Crippen molar-refractivity contribution < 1.29 is 9.53 Å². The number of carbonyl (C=O) groups excluding carboxylic acids is 1. The predicted molar refractivity (Wildman–Crippen MR) is 84.6 cm³/mol. The number of hydrogen-bond acceptors (Lipinski definition) is 6. The summed E-state index contributed by atoms with van der Waals surface area (Å²) in [7, 11) is 0. The predicted octanol–water partition coefficient (Wildman–Crippen LogP) is 1.37. The zero-order valence-corrected chi connectivity index (χ0v) is 14.0. The third-order valence-electron chi connectivity index (χ3n) is 3.42. The van der Waals surface area contributed by atoms with E-state index in [0.717, 1.165) is 25.0 Å². The molecule has 122 valence electrons. The molecule has 1 aromatic rings. The van der Waals surface area contributed by atoms with E-state index in [1.54, 1.807) is 9.58 Å². The fraction of sp³-hybridized carbons (Fsp3) is 0.714. The summed E-state index contributed by atoms with van der Waals surface area (Å²) < 4.78 is 7.32. The number of hydrogen-bond donors (Lipinski definition) is 0. The molecule has 1 aromatic heterocycles. The Morgan fingerprint density at radius 1 is 1.59 bits per heavy atom. The van der Waals surface area contributed by atoms with Crippen molar-refractivity contribution >= 4 is 17.7 Å². The first kappa shape index (κ1) is 17.0.